The third kappa shape index (κ3) is 4.62. The largest absolute Gasteiger partial charge is 0.508 e. The average Bonchev–Trinajstić information content (AvgIpc) is 2.87. The van der Waals surface area contributed by atoms with Gasteiger partial charge in [0, 0.05) is 5.56 Å². The number of hydrogen-bond donors (Lipinski definition) is 2. The Morgan fingerprint density at radius 3 is 2.54 bits per heavy atom. The van der Waals surface area contributed by atoms with Crippen LogP contribution in [-0.4, -0.2) is 12.2 Å². The molecule has 1 unspecified atom stereocenters. The second kappa shape index (κ2) is 9.93. The van der Waals surface area contributed by atoms with Crippen LogP contribution in [0.5, 0.6) is 17.2 Å². The fraction of sp³-hybridized carbons (Fsp3) is 0.143. The Labute approximate surface area is 225 Å². The molecule has 1 atom stereocenters. The number of methoxy groups -OCH3 is 1. The number of ether oxygens (including phenoxy) is 2. The third-order valence-electron chi connectivity index (χ3n) is 6.19. The maximum Gasteiger partial charge on any atom is 0.417 e. The molecule has 5 rings (SSSR count). The number of nitriles is 1. The number of hydrogen-bond acceptors (Lipinski definition) is 7. The van der Waals surface area contributed by atoms with Crippen molar-refractivity contribution in [1.29, 1.82) is 5.26 Å². The molecule has 2 heterocycles. The second-order valence-electron chi connectivity index (χ2n) is 8.39. The first kappa shape index (κ1) is 27.4. The van der Waals surface area contributed by atoms with Crippen molar-refractivity contribution < 1.29 is 32.2 Å². The Bertz CT molecular complexity index is 1760. The number of benzene rings is 3. The van der Waals surface area contributed by atoms with Crippen LogP contribution in [0.25, 0.3) is 22.1 Å². The van der Waals surface area contributed by atoms with Crippen molar-refractivity contribution in [2.45, 2.75) is 19.5 Å². The van der Waals surface area contributed by atoms with Gasteiger partial charge in [-0.15, -0.1) is 0 Å². The maximum absolute atomic E-state index is 13.6. The van der Waals surface area contributed by atoms with Crippen LogP contribution in [0.15, 0.2) is 75.3 Å². The SMILES string of the molecule is C.COc1ccc(C2C(C#N)=C(N)Oc3c2c(=O)oc2ccc(O)cc32)cc1-c1ccc(Cl)c(C(F)(F)F)c1. The van der Waals surface area contributed by atoms with Crippen LogP contribution in [-0.2, 0) is 6.18 Å². The molecule has 0 saturated heterocycles. The number of allylic oxidation sites excluding steroid dienone is 1. The molecule has 0 aliphatic carbocycles. The van der Waals surface area contributed by atoms with Crippen LogP contribution < -0.4 is 20.8 Å². The number of nitrogens with two attached hydrogens (primary N) is 1. The number of phenols is 1. The van der Waals surface area contributed by atoms with E-state index >= 15 is 0 Å². The lowest BCUT2D eigenvalue weighted by molar-refractivity contribution is -0.137. The van der Waals surface area contributed by atoms with Crippen LogP contribution in [0.4, 0.5) is 13.2 Å². The van der Waals surface area contributed by atoms with Crippen LogP contribution in [0.3, 0.4) is 0 Å². The van der Waals surface area contributed by atoms with Gasteiger partial charge in [0.25, 0.3) is 0 Å². The lowest BCUT2D eigenvalue weighted by Crippen LogP contribution is -2.26. The van der Waals surface area contributed by atoms with E-state index in [2.05, 4.69) is 0 Å². The summed E-state index contributed by atoms with van der Waals surface area (Å²) in [5.74, 6) is -1.26. The Kier molecular flexibility index (Phi) is 6.98. The van der Waals surface area contributed by atoms with Gasteiger partial charge in [0.05, 0.1) is 34.6 Å². The summed E-state index contributed by atoms with van der Waals surface area (Å²) in [6.07, 6.45) is -4.70. The molecule has 7 nitrogen and oxygen atoms in total. The molecule has 1 aliphatic rings. The molecule has 3 aromatic carbocycles. The van der Waals surface area contributed by atoms with Crippen molar-refractivity contribution in [1.82, 2.24) is 0 Å². The normalized spacial score (nSPS) is 14.7. The van der Waals surface area contributed by atoms with Gasteiger partial charge >= 0.3 is 11.8 Å². The zero-order valence-electron chi connectivity index (χ0n) is 19.4. The fourth-order valence-electron chi connectivity index (χ4n) is 4.48. The molecule has 4 aromatic rings. The van der Waals surface area contributed by atoms with Gasteiger partial charge in [-0.25, -0.2) is 4.79 Å². The summed E-state index contributed by atoms with van der Waals surface area (Å²) in [5.41, 5.74) is 4.91. The molecule has 39 heavy (non-hydrogen) atoms. The first-order chi connectivity index (χ1) is 18.0. The topological polar surface area (TPSA) is 119 Å². The molecule has 0 radical (unpaired) electrons. The number of rotatable bonds is 3. The quantitative estimate of drug-likeness (QED) is 0.269. The summed E-state index contributed by atoms with van der Waals surface area (Å²) in [7, 11) is 1.36. The molecule has 1 aromatic heterocycles. The predicted molar refractivity (Wildman–Crippen MR) is 139 cm³/mol. The lowest BCUT2D eigenvalue weighted by atomic mass is 9.82. The molecular weight excluding hydrogens is 537 g/mol. The van der Waals surface area contributed by atoms with Gasteiger partial charge in [-0.2, -0.15) is 18.4 Å². The van der Waals surface area contributed by atoms with E-state index in [1.54, 1.807) is 6.07 Å². The number of nitrogens with zero attached hydrogens (tertiary/aromatic N) is 1. The number of aromatic hydroxyl groups is 1. The van der Waals surface area contributed by atoms with Crippen molar-refractivity contribution in [2.75, 3.05) is 7.11 Å². The molecule has 3 N–H and O–H groups in total. The van der Waals surface area contributed by atoms with Gasteiger partial charge in [0.2, 0.25) is 5.88 Å². The number of phenolic OH excluding ortho intramolecular Hbond substituents is 1. The molecule has 0 bridgehead atoms. The Balaban J connectivity index is 0.00000353. The smallest absolute Gasteiger partial charge is 0.417 e. The Hall–Kier alpha value is -4.62. The van der Waals surface area contributed by atoms with Crippen molar-refractivity contribution in [3.63, 3.8) is 0 Å². The Morgan fingerprint density at radius 1 is 1.13 bits per heavy atom. The van der Waals surface area contributed by atoms with Gasteiger partial charge in [0.1, 0.15) is 28.7 Å². The summed E-state index contributed by atoms with van der Waals surface area (Å²) in [5, 5.41) is 19.7. The van der Waals surface area contributed by atoms with E-state index in [0.717, 1.165) is 12.1 Å². The van der Waals surface area contributed by atoms with Crippen LogP contribution in [0, 0.1) is 11.3 Å². The van der Waals surface area contributed by atoms with Crippen LogP contribution in [0.1, 0.15) is 30.0 Å². The standard InChI is InChI=1S/C27H16ClF3N2O5.CH4/c1-36-20-6-3-13(8-15(20)12-2-5-19(28)18(9-12)27(29,30)31)22-17(11-32)25(33)38-24-16-10-14(34)4-7-21(16)37-26(35)23(22)24;/h2-10,22,34H,33H2,1H3;1H4. The van der Waals surface area contributed by atoms with Crippen molar-refractivity contribution in [3.05, 3.63) is 98.2 Å². The van der Waals surface area contributed by atoms with E-state index in [1.165, 1.54) is 43.5 Å². The monoisotopic (exact) mass is 556 g/mol. The summed E-state index contributed by atoms with van der Waals surface area (Å²) >= 11 is 5.80. The minimum absolute atomic E-state index is 0. The van der Waals surface area contributed by atoms with Gasteiger partial charge in [-0.3, -0.25) is 0 Å². The minimum Gasteiger partial charge on any atom is -0.508 e. The van der Waals surface area contributed by atoms with Crippen molar-refractivity contribution >= 4 is 22.6 Å². The van der Waals surface area contributed by atoms with Gasteiger partial charge in [-0.1, -0.05) is 31.2 Å². The number of halogens is 4. The Morgan fingerprint density at radius 2 is 1.87 bits per heavy atom. The average molecular weight is 557 g/mol. The molecule has 0 spiro atoms. The zero-order chi connectivity index (χ0) is 27.4. The van der Waals surface area contributed by atoms with E-state index in [4.69, 9.17) is 31.2 Å². The highest BCUT2D eigenvalue weighted by Gasteiger charge is 2.37. The first-order valence-corrected chi connectivity index (χ1v) is 11.3. The van der Waals surface area contributed by atoms with Gasteiger partial charge < -0.3 is 24.7 Å². The highest BCUT2D eigenvalue weighted by Crippen LogP contribution is 2.46. The first-order valence-electron chi connectivity index (χ1n) is 11.0. The van der Waals surface area contributed by atoms with Gasteiger partial charge in [0.15, 0.2) is 5.75 Å². The third-order valence-corrected chi connectivity index (χ3v) is 6.52. The number of fused-ring (bicyclic) bond motifs is 3. The minimum atomic E-state index is -4.70. The molecule has 11 heteroatoms. The highest BCUT2D eigenvalue weighted by atomic mass is 35.5. The summed E-state index contributed by atoms with van der Waals surface area (Å²) in [4.78, 5) is 13.1. The van der Waals surface area contributed by atoms with Crippen LogP contribution in [0.2, 0.25) is 5.02 Å². The van der Waals surface area contributed by atoms with E-state index in [0.29, 0.717) is 5.56 Å². The molecule has 0 amide bonds. The van der Waals surface area contributed by atoms with E-state index in [9.17, 15) is 28.3 Å². The maximum atomic E-state index is 13.6. The summed E-state index contributed by atoms with van der Waals surface area (Å²) in [6, 6.07) is 14.0. The molecule has 200 valence electrons. The second-order valence-corrected chi connectivity index (χ2v) is 8.80. The molecule has 1 aliphatic heterocycles. The molecule has 0 fully saturated rings. The fourth-order valence-corrected chi connectivity index (χ4v) is 4.71. The lowest BCUT2D eigenvalue weighted by Gasteiger charge is -2.26. The van der Waals surface area contributed by atoms with E-state index in [1.807, 2.05) is 6.07 Å². The summed E-state index contributed by atoms with van der Waals surface area (Å²) < 4.78 is 57.1. The van der Waals surface area contributed by atoms with Crippen LogP contribution >= 0.6 is 11.6 Å². The zero-order valence-corrected chi connectivity index (χ0v) is 20.1. The van der Waals surface area contributed by atoms with E-state index in [-0.39, 0.29) is 63.8 Å². The molecule has 0 saturated carbocycles. The summed E-state index contributed by atoms with van der Waals surface area (Å²) in [6.45, 7) is 0. The molecular formula is C28H20ClF3N2O5. The van der Waals surface area contributed by atoms with Crippen molar-refractivity contribution in [3.8, 4) is 34.4 Å². The van der Waals surface area contributed by atoms with Gasteiger partial charge in [-0.05, 0) is 53.6 Å². The highest BCUT2D eigenvalue weighted by molar-refractivity contribution is 6.31. The van der Waals surface area contributed by atoms with Crippen molar-refractivity contribution in [2.24, 2.45) is 5.73 Å². The van der Waals surface area contributed by atoms with E-state index < -0.39 is 28.3 Å². The number of alkyl halides is 3. The predicted octanol–water partition coefficient (Wildman–Crippen LogP) is 6.70.